The fraction of sp³-hybridized carbons (Fsp3) is 0.269. The Bertz CT molecular complexity index is 1100. The first-order valence-electron chi connectivity index (χ1n) is 10.9. The molecule has 0 unspecified atom stereocenters. The third kappa shape index (κ3) is 5.03. The van der Waals surface area contributed by atoms with Crippen LogP contribution >= 0.6 is 7.14 Å². The van der Waals surface area contributed by atoms with Gasteiger partial charge < -0.3 is 24.3 Å². The van der Waals surface area contributed by atoms with Gasteiger partial charge in [0.15, 0.2) is 17.3 Å². The summed E-state index contributed by atoms with van der Waals surface area (Å²) in [4.78, 5) is 11.7. The van der Waals surface area contributed by atoms with Crippen LogP contribution in [0.15, 0.2) is 78.9 Å². The summed E-state index contributed by atoms with van der Waals surface area (Å²) < 4.78 is 26.2. The monoisotopic (exact) mass is 466 g/mol. The zero-order valence-electron chi connectivity index (χ0n) is 18.3. The predicted molar refractivity (Wildman–Crippen MR) is 128 cm³/mol. The molecule has 3 atom stereocenters. The van der Waals surface area contributed by atoms with E-state index in [9.17, 15) is 19.6 Å². The molecular weight excluding hydrogens is 439 g/mol. The summed E-state index contributed by atoms with van der Waals surface area (Å²) in [6, 6.07) is 22.9. The molecule has 3 aromatic carbocycles. The third-order valence-corrected chi connectivity index (χ3v) is 9.06. The van der Waals surface area contributed by atoms with Gasteiger partial charge in [0.25, 0.3) is 0 Å². The maximum Gasteiger partial charge on any atom is 0.162 e. The first-order valence-corrected chi connectivity index (χ1v) is 12.8. The molecule has 0 aliphatic carbocycles. The lowest BCUT2D eigenvalue weighted by molar-refractivity contribution is -0.117. The van der Waals surface area contributed by atoms with E-state index in [1.807, 2.05) is 60.7 Å². The van der Waals surface area contributed by atoms with E-state index in [4.69, 9.17) is 9.47 Å². The van der Waals surface area contributed by atoms with E-state index in [2.05, 4.69) is 0 Å². The molecule has 1 saturated heterocycles. The average Bonchev–Trinajstić information content (AvgIpc) is 2.84. The highest BCUT2D eigenvalue weighted by atomic mass is 31.2. The van der Waals surface area contributed by atoms with Crippen LogP contribution in [0.1, 0.15) is 23.7 Å². The molecule has 0 bridgehead atoms. The van der Waals surface area contributed by atoms with E-state index in [0.717, 1.165) is 0 Å². The molecule has 0 amide bonds. The average molecular weight is 466 g/mol. The zero-order chi connectivity index (χ0) is 23.4. The van der Waals surface area contributed by atoms with E-state index in [0.29, 0.717) is 29.2 Å². The van der Waals surface area contributed by atoms with Crippen LogP contribution in [-0.2, 0) is 9.30 Å². The van der Waals surface area contributed by atoms with E-state index < -0.39 is 25.5 Å². The number of phenolic OH excluding ortho intramolecular Hbond substituents is 1. The molecule has 1 heterocycles. The van der Waals surface area contributed by atoms with Crippen LogP contribution in [-0.4, -0.2) is 47.1 Å². The van der Waals surface area contributed by atoms with Crippen molar-refractivity contribution in [3.8, 4) is 11.5 Å². The SMILES string of the molecule is CC(=O)c1ccc(O)c(O[C@@H]2CCO[C@H](CP(=O)(c3ccccc3)c3ccccc3)[C@H]2O)c1. The number of ether oxygens (including phenoxy) is 2. The lowest BCUT2D eigenvalue weighted by Gasteiger charge is -2.36. The van der Waals surface area contributed by atoms with Crippen molar-refractivity contribution >= 4 is 23.5 Å². The van der Waals surface area contributed by atoms with Gasteiger partial charge in [0.1, 0.15) is 19.3 Å². The number of ketones is 1. The molecule has 172 valence electrons. The van der Waals surface area contributed by atoms with Gasteiger partial charge in [-0.3, -0.25) is 4.79 Å². The second-order valence-corrected chi connectivity index (χ2v) is 11.1. The second-order valence-electron chi connectivity index (χ2n) is 8.18. The van der Waals surface area contributed by atoms with Crippen molar-refractivity contribution in [3.63, 3.8) is 0 Å². The number of Topliss-reactive ketones (excluding diaryl/α,β-unsaturated/α-hetero) is 1. The van der Waals surface area contributed by atoms with Crippen LogP contribution in [0.25, 0.3) is 0 Å². The highest BCUT2D eigenvalue weighted by Gasteiger charge is 2.40. The number of rotatable bonds is 7. The maximum atomic E-state index is 14.4. The van der Waals surface area contributed by atoms with Gasteiger partial charge in [-0.15, -0.1) is 0 Å². The van der Waals surface area contributed by atoms with E-state index in [1.54, 1.807) is 0 Å². The molecule has 4 rings (SSSR count). The van der Waals surface area contributed by atoms with Gasteiger partial charge in [0.2, 0.25) is 0 Å². The number of carbonyl (C=O) groups excluding carboxylic acids is 1. The van der Waals surface area contributed by atoms with Gasteiger partial charge >= 0.3 is 0 Å². The van der Waals surface area contributed by atoms with Gasteiger partial charge in [0, 0.05) is 28.8 Å². The van der Waals surface area contributed by atoms with E-state index in [-0.39, 0.29) is 23.4 Å². The smallest absolute Gasteiger partial charge is 0.162 e. The second kappa shape index (κ2) is 9.92. The summed E-state index contributed by atoms with van der Waals surface area (Å²) in [5.41, 5.74) is 0.401. The Hall–Kier alpha value is -2.92. The Labute approximate surface area is 193 Å². The summed E-state index contributed by atoms with van der Waals surface area (Å²) >= 11 is 0. The first kappa shape index (κ1) is 23.2. The minimum Gasteiger partial charge on any atom is -0.504 e. The normalized spacial score (nSPS) is 20.8. The minimum atomic E-state index is -3.10. The molecule has 33 heavy (non-hydrogen) atoms. The zero-order valence-corrected chi connectivity index (χ0v) is 19.2. The Balaban J connectivity index is 1.60. The molecule has 3 aromatic rings. The van der Waals surface area contributed by atoms with Crippen LogP contribution in [0.2, 0.25) is 0 Å². The van der Waals surface area contributed by atoms with Gasteiger partial charge in [-0.1, -0.05) is 60.7 Å². The summed E-state index contributed by atoms with van der Waals surface area (Å²) in [5, 5.41) is 22.7. The molecular formula is C26H27O6P. The van der Waals surface area contributed by atoms with Crippen molar-refractivity contribution < 1.29 is 29.0 Å². The van der Waals surface area contributed by atoms with Crippen LogP contribution in [0, 0.1) is 0 Å². The highest BCUT2D eigenvalue weighted by Crippen LogP contribution is 2.45. The Morgan fingerprint density at radius 3 is 2.21 bits per heavy atom. The number of aliphatic hydroxyl groups is 1. The van der Waals surface area contributed by atoms with Gasteiger partial charge in [-0.2, -0.15) is 0 Å². The molecule has 1 fully saturated rings. The van der Waals surface area contributed by atoms with Crippen molar-refractivity contribution in [2.24, 2.45) is 0 Å². The van der Waals surface area contributed by atoms with Crippen molar-refractivity contribution in [1.29, 1.82) is 0 Å². The molecule has 0 aromatic heterocycles. The minimum absolute atomic E-state index is 0.113. The number of benzene rings is 3. The summed E-state index contributed by atoms with van der Waals surface area (Å²) in [5.74, 6) is -0.145. The third-order valence-electron chi connectivity index (χ3n) is 5.92. The van der Waals surface area contributed by atoms with Gasteiger partial charge in [0.05, 0.1) is 12.7 Å². The molecule has 0 saturated carbocycles. The van der Waals surface area contributed by atoms with Gasteiger partial charge in [-0.25, -0.2) is 0 Å². The first-order chi connectivity index (χ1) is 15.9. The molecule has 0 radical (unpaired) electrons. The molecule has 7 heteroatoms. The van der Waals surface area contributed by atoms with Crippen molar-refractivity contribution in [1.82, 2.24) is 0 Å². The quantitative estimate of drug-likeness (QED) is 0.409. The topological polar surface area (TPSA) is 93.1 Å². The number of phenols is 1. The molecule has 0 spiro atoms. The molecule has 6 nitrogen and oxygen atoms in total. The van der Waals surface area contributed by atoms with Crippen LogP contribution in [0.3, 0.4) is 0 Å². The van der Waals surface area contributed by atoms with E-state index in [1.165, 1.54) is 25.1 Å². The van der Waals surface area contributed by atoms with Crippen molar-refractivity contribution in [3.05, 3.63) is 84.4 Å². The summed E-state index contributed by atoms with van der Waals surface area (Å²) in [6.45, 7) is 1.74. The summed E-state index contributed by atoms with van der Waals surface area (Å²) in [7, 11) is -3.10. The fourth-order valence-corrected chi connectivity index (χ4v) is 6.93. The fourth-order valence-electron chi connectivity index (χ4n) is 4.08. The summed E-state index contributed by atoms with van der Waals surface area (Å²) in [6.07, 6.45) is -1.98. The predicted octanol–water partition coefficient (Wildman–Crippen LogP) is 3.51. The van der Waals surface area contributed by atoms with Crippen molar-refractivity contribution in [2.75, 3.05) is 12.8 Å². The number of hydrogen-bond acceptors (Lipinski definition) is 6. The standard InChI is InChI=1S/C26H27O6P/c1-18(27)19-12-13-22(28)24(16-19)32-23-14-15-31-25(26(23)29)17-33(30,20-8-4-2-5-9-20)21-10-6-3-7-11-21/h2-13,16,23,25-26,28-29H,14-15,17H2,1H3/t23-,25-,26+/m1/s1. The molecule has 1 aliphatic rings. The van der Waals surface area contributed by atoms with Gasteiger partial charge in [-0.05, 0) is 25.1 Å². The number of aromatic hydroxyl groups is 1. The Morgan fingerprint density at radius 2 is 1.64 bits per heavy atom. The number of carbonyl (C=O) groups is 1. The lowest BCUT2D eigenvalue weighted by Crippen LogP contribution is -2.49. The molecule has 1 aliphatic heterocycles. The largest absolute Gasteiger partial charge is 0.504 e. The van der Waals surface area contributed by atoms with Crippen LogP contribution in [0.4, 0.5) is 0 Å². The number of hydrogen-bond donors (Lipinski definition) is 2. The van der Waals surface area contributed by atoms with Crippen LogP contribution < -0.4 is 15.3 Å². The van der Waals surface area contributed by atoms with Crippen LogP contribution in [0.5, 0.6) is 11.5 Å². The van der Waals surface area contributed by atoms with Crippen molar-refractivity contribution in [2.45, 2.75) is 31.7 Å². The maximum absolute atomic E-state index is 14.4. The highest BCUT2D eigenvalue weighted by molar-refractivity contribution is 7.78. The Kier molecular flexibility index (Phi) is 6.99. The number of aliphatic hydroxyl groups excluding tert-OH is 1. The Morgan fingerprint density at radius 1 is 1.03 bits per heavy atom. The molecule has 2 N–H and O–H groups in total. The lowest BCUT2D eigenvalue weighted by atomic mass is 10.0. The van der Waals surface area contributed by atoms with E-state index >= 15 is 0 Å².